The van der Waals surface area contributed by atoms with Crippen molar-refractivity contribution in [2.45, 2.75) is 11.8 Å². The van der Waals surface area contributed by atoms with Crippen molar-refractivity contribution >= 4 is 75.8 Å². The fourth-order valence-corrected chi connectivity index (χ4v) is 7.86. The highest BCUT2D eigenvalue weighted by Crippen LogP contribution is 2.57. The fraction of sp³-hybridized carbons (Fsp3) is 0.0909. The Morgan fingerprint density at radius 2 is 1.19 bits per heavy atom. The molecule has 2 unspecified atom stereocenters. The zero-order valence-electron chi connectivity index (χ0n) is 13.8. The lowest BCUT2D eigenvalue weighted by Crippen LogP contribution is -2.40. The number of hydrogen-bond donors (Lipinski definition) is 0. The molecule has 3 heterocycles. The maximum atomic E-state index is 13.2. The van der Waals surface area contributed by atoms with Crippen LogP contribution < -0.4 is 0 Å². The van der Waals surface area contributed by atoms with Crippen LogP contribution in [0.3, 0.4) is 0 Å². The lowest BCUT2D eigenvalue weighted by atomic mass is 9.61. The summed E-state index contributed by atoms with van der Waals surface area (Å²) < 4.78 is 3.52. The summed E-state index contributed by atoms with van der Waals surface area (Å²) in [7, 11) is 0. The van der Waals surface area contributed by atoms with Crippen LogP contribution in [0.2, 0.25) is 0 Å². The third-order valence-corrected chi connectivity index (χ3v) is 8.83. The van der Waals surface area contributed by atoms with Crippen molar-refractivity contribution < 1.29 is 9.59 Å². The van der Waals surface area contributed by atoms with Crippen LogP contribution in [0.25, 0.3) is 30.3 Å². The number of thiophene rings is 3. The van der Waals surface area contributed by atoms with E-state index in [9.17, 15) is 9.59 Å². The van der Waals surface area contributed by atoms with Crippen LogP contribution in [0, 0.1) is 0 Å². The summed E-state index contributed by atoms with van der Waals surface area (Å²) in [5, 5.41) is 9.82. The van der Waals surface area contributed by atoms with Gasteiger partial charge in [-0.15, -0.1) is 34.0 Å². The molecule has 0 N–H and O–H groups in total. The Kier molecular flexibility index (Phi) is 2.57. The van der Waals surface area contributed by atoms with Gasteiger partial charge in [0, 0.05) is 24.9 Å². The zero-order valence-corrected chi connectivity index (χ0v) is 16.3. The Hall–Kier alpha value is -2.34. The van der Waals surface area contributed by atoms with Gasteiger partial charge >= 0.3 is 0 Å². The molecule has 0 fully saturated rings. The van der Waals surface area contributed by atoms with Crippen molar-refractivity contribution in [3.05, 3.63) is 68.7 Å². The highest BCUT2D eigenvalue weighted by molar-refractivity contribution is 7.19. The maximum absolute atomic E-state index is 13.2. The van der Waals surface area contributed by atoms with Crippen LogP contribution in [-0.4, -0.2) is 11.6 Å². The minimum atomic E-state index is -0.460. The van der Waals surface area contributed by atoms with Crippen LogP contribution >= 0.6 is 34.0 Å². The molecule has 3 aliphatic carbocycles. The third kappa shape index (κ3) is 1.55. The highest BCUT2D eigenvalue weighted by Gasteiger charge is 2.51. The summed E-state index contributed by atoms with van der Waals surface area (Å²) >= 11 is 5.06. The molecular weight excluding hydrogens is 392 g/mol. The smallest absolute Gasteiger partial charge is 0.211 e. The predicted octanol–water partition coefficient (Wildman–Crippen LogP) is 6.06. The van der Waals surface area contributed by atoms with Gasteiger partial charge in [0.1, 0.15) is 0 Å². The second kappa shape index (κ2) is 4.73. The molecule has 0 saturated carbocycles. The first-order valence-corrected chi connectivity index (χ1v) is 11.4. The van der Waals surface area contributed by atoms with Gasteiger partial charge in [0.15, 0.2) is 0 Å². The van der Waals surface area contributed by atoms with Gasteiger partial charge in [-0.3, -0.25) is 9.59 Å². The quantitative estimate of drug-likeness (QED) is 0.295. The first kappa shape index (κ1) is 14.7. The minimum absolute atomic E-state index is 0.232. The highest BCUT2D eigenvalue weighted by atomic mass is 32.1. The second-order valence-corrected chi connectivity index (χ2v) is 9.93. The summed E-state index contributed by atoms with van der Waals surface area (Å²) in [6, 6.07) is 10.6. The van der Waals surface area contributed by atoms with Crippen LogP contribution in [0.15, 0.2) is 46.5 Å². The Morgan fingerprint density at radius 1 is 0.593 bits per heavy atom. The SMILES string of the molecule is O=C1C(=O)C2c3c(ccc4sccc34)C1c1c2c2sccc2c2ccsc12. The number of benzene rings is 2. The number of Topliss-reactive ketones (excluding diaryl/α,β-unsaturated/α-hetero) is 2. The average molecular weight is 403 g/mol. The van der Waals surface area contributed by atoms with Crippen LogP contribution in [0.4, 0.5) is 0 Å². The second-order valence-electron chi connectivity index (χ2n) is 7.15. The van der Waals surface area contributed by atoms with Crippen molar-refractivity contribution in [3.8, 4) is 0 Å². The van der Waals surface area contributed by atoms with E-state index in [1.54, 1.807) is 34.0 Å². The standard InChI is InChI=1S/C22H10O2S3/c23-19-15-12-1-2-13-11(5-6-25-13)14(12)16(20(19)24)18-17(15)21-9(3-7-26-21)10-4-8-27-22(10)18/h1-8,15-16H. The van der Waals surface area contributed by atoms with Gasteiger partial charge in [-0.2, -0.15) is 0 Å². The molecule has 5 heteroatoms. The Balaban J connectivity index is 1.76. The van der Waals surface area contributed by atoms with E-state index >= 15 is 0 Å². The molecule has 2 bridgehead atoms. The van der Waals surface area contributed by atoms with Crippen LogP contribution in [-0.2, 0) is 9.59 Å². The van der Waals surface area contributed by atoms with Gasteiger partial charge in [0.05, 0.1) is 11.8 Å². The van der Waals surface area contributed by atoms with E-state index in [1.807, 2.05) is 0 Å². The molecular formula is C22H10O2S3. The molecule has 3 aliphatic rings. The minimum Gasteiger partial charge on any atom is -0.290 e. The number of carbonyl (C=O) groups excluding carboxylic acids is 2. The van der Waals surface area contributed by atoms with Crippen LogP contribution in [0.1, 0.15) is 34.1 Å². The first-order chi connectivity index (χ1) is 13.3. The summed E-state index contributed by atoms with van der Waals surface area (Å²) in [6.07, 6.45) is 0. The van der Waals surface area contributed by atoms with Gasteiger partial charge in [-0.1, -0.05) is 6.07 Å². The van der Waals surface area contributed by atoms with Crippen molar-refractivity contribution in [1.29, 1.82) is 0 Å². The molecule has 2 aromatic carbocycles. The van der Waals surface area contributed by atoms with E-state index in [0.717, 1.165) is 27.6 Å². The third-order valence-electron chi connectivity index (χ3n) is 6.05. The van der Waals surface area contributed by atoms with Gasteiger partial charge in [-0.25, -0.2) is 0 Å². The largest absolute Gasteiger partial charge is 0.290 e. The van der Waals surface area contributed by atoms with Gasteiger partial charge < -0.3 is 0 Å². The molecule has 0 aliphatic heterocycles. The van der Waals surface area contributed by atoms with Crippen molar-refractivity contribution in [2.24, 2.45) is 0 Å². The first-order valence-electron chi connectivity index (χ1n) is 8.74. The monoisotopic (exact) mass is 402 g/mol. The lowest BCUT2D eigenvalue weighted by Gasteiger charge is -2.39. The van der Waals surface area contributed by atoms with Crippen LogP contribution in [0.5, 0.6) is 0 Å². The summed E-state index contributed by atoms with van der Waals surface area (Å²) in [5.41, 5.74) is 4.29. The van der Waals surface area contributed by atoms with E-state index in [0.29, 0.717) is 0 Å². The van der Waals surface area contributed by atoms with Gasteiger partial charge in [0.25, 0.3) is 0 Å². The summed E-state index contributed by atoms with van der Waals surface area (Å²) in [4.78, 5) is 26.3. The maximum Gasteiger partial charge on any atom is 0.211 e. The van der Waals surface area contributed by atoms with E-state index in [1.165, 1.54) is 24.9 Å². The van der Waals surface area contributed by atoms with Crippen molar-refractivity contribution in [1.82, 2.24) is 0 Å². The molecule has 5 aromatic rings. The molecule has 0 spiro atoms. The van der Waals surface area contributed by atoms with E-state index < -0.39 is 11.8 Å². The number of ketones is 2. The number of hydrogen-bond acceptors (Lipinski definition) is 5. The molecule has 27 heavy (non-hydrogen) atoms. The Labute approximate surface area is 165 Å². The lowest BCUT2D eigenvalue weighted by molar-refractivity contribution is -0.138. The molecule has 2 nitrogen and oxygen atoms in total. The van der Waals surface area contributed by atoms with E-state index in [4.69, 9.17) is 0 Å². The van der Waals surface area contributed by atoms with E-state index in [2.05, 4.69) is 46.5 Å². The normalized spacial score (nSPS) is 20.7. The molecule has 8 rings (SSSR count). The molecule has 128 valence electrons. The topological polar surface area (TPSA) is 34.1 Å². The molecule has 3 aromatic heterocycles. The Bertz CT molecular complexity index is 1480. The summed E-state index contributed by atoms with van der Waals surface area (Å²) in [6.45, 7) is 0. The number of fused-ring (bicyclic) bond motifs is 5. The van der Waals surface area contributed by atoms with Gasteiger partial charge in [0.2, 0.25) is 11.6 Å². The summed E-state index contributed by atoms with van der Waals surface area (Å²) in [5.74, 6) is -1.38. The van der Waals surface area contributed by atoms with Crippen molar-refractivity contribution in [2.75, 3.05) is 0 Å². The fourth-order valence-electron chi connectivity index (χ4n) is 5.05. The van der Waals surface area contributed by atoms with Crippen molar-refractivity contribution in [3.63, 3.8) is 0 Å². The Morgan fingerprint density at radius 3 is 1.93 bits per heavy atom. The number of carbonyl (C=O) groups is 2. The number of rotatable bonds is 0. The van der Waals surface area contributed by atoms with Gasteiger partial charge in [-0.05, 0) is 68.0 Å². The average Bonchev–Trinajstić information content (AvgIpc) is 3.43. The predicted molar refractivity (Wildman–Crippen MR) is 113 cm³/mol. The zero-order chi connectivity index (χ0) is 17.9. The molecule has 0 amide bonds. The molecule has 0 radical (unpaired) electrons. The van der Waals surface area contributed by atoms with E-state index in [-0.39, 0.29) is 11.6 Å². The molecule has 2 atom stereocenters. The molecule has 0 saturated heterocycles.